The second kappa shape index (κ2) is 8.68. The predicted octanol–water partition coefficient (Wildman–Crippen LogP) is 3.27. The van der Waals surface area contributed by atoms with Gasteiger partial charge in [-0.05, 0) is 30.0 Å². The number of nitrogens with one attached hydrogen (secondary N) is 2. The van der Waals surface area contributed by atoms with Gasteiger partial charge in [0, 0.05) is 12.7 Å². The number of carbonyl (C=O) groups excluding carboxylic acids is 1. The maximum atomic E-state index is 12.6. The van der Waals surface area contributed by atoms with Crippen molar-refractivity contribution in [3.63, 3.8) is 0 Å². The van der Waals surface area contributed by atoms with E-state index in [0.717, 1.165) is 12.0 Å². The van der Waals surface area contributed by atoms with Gasteiger partial charge in [-0.1, -0.05) is 44.2 Å². The molecule has 0 bridgehead atoms. The van der Waals surface area contributed by atoms with E-state index in [1.807, 2.05) is 36.4 Å². The van der Waals surface area contributed by atoms with Gasteiger partial charge in [0.25, 0.3) is 0 Å². The third-order valence-corrected chi connectivity index (χ3v) is 3.60. The topological polar surface area (TPSA) is 77.8 Å². The molecule has 0 aliphatic rings. The summed E-state index contributed by atoms with van der Waals surface area (Å²) in [5, 5.41) is 15.0. The summed E-state index contributed by atoms with van der Waals surface area (Å²) in [5.41, 5.74) is 1.35. The van der Waals surface area contributed by atoms with Gasteiger partial charge in [0.2, 0.25) is 5.91 Å². The van der Waals surface area contributed by atoms with Crippen molar-refractivity contribution in [1.82, 2.24) is 10.3 Å². The van der Waals surface area contributed by atoms with E-state index in [2.05, 4.69) is 29.5 Å². The zero-order chi connectivity index (χ0) is 17.4. The van der Waals surface area contributed by atoms with E-state index in [4.69, 9.17) is 5.26 Å². The molecule has 1 amide bonds. The first-order valence-electron chi connectivity index (χ1n) is 8.05. The smallest absolute Gasteiger partial charge is 0.247 e. The molecule has 0 saturated carbocycles. The first-order valence-corrected chi connectivity index (χ1v) is 8.05. The van der Waals surface area contributed by atoms with Gasteiger partial charge < -0.3 is 10.6 Å². The van der Waals surface area contributed by atoms with Crippen molar-refractivity contribution in [2.24, 2.45) is 5.92 Å². The standard InChI is InChI=1S/C19H22N4O/c1-14(2)10-11-21-19(24)18(16-6-4-3-5-7-16)23-17-9-8-15(12-20)13-22-17/h3-9,13-14,18H,10-11H2,1-2H3,(H,21,24)(H,22,23). The van der Waals surface area contributed by atoms with E-state index >= 15 is 0 Å². The lowest BCUT2D eigenvalue weighted by molar-refractivity contribution is -0.122. The molecular formula is C19H22N4O. The molecule has 1 aromatic heterocycles. The molecule has 5 heteroatoms. The Bertz CT molecular complexity index is 690. The van der Waals surface area contributed by atoms with Crippen molar-refractivity contribution in [2.45, 2.75) is 26.3 Å². The molecular weight excluding hydrogens is 300 g/mol. The molecule has 24 heavy (non-hydrogen) atoms. The highest BCUT2D eigenvalue weighted by atomic mass is 16.2. The van der Waals surface area contributed by atoms with Crippen LogP contribution in [0.2, 0.25) is 0 Å². The summed E-state index contributed by atoms with van der Waals surface area (Å²) >= 11 is 0. The predicted molar refractivity (Wildman–Crippen MR) is 94.2 cm³/mol. The Labute approximate surface area is 142 Å². The number of benzene rings is 1. The molecule has 5 nitrogen and oxygen atoms in total. The van der Waals surface area contributed by atoms with E-state index in [9.17, 15) is 4.79 Å². The third-order valence-electron chi connectivity index (χ3n) is 3.60. The zero-order valence-electron chi connectivity index (χ0n) is 14.0. The number of hydrogen-bond donors (Lipinski definition) is 2. The molecule has 0 spiro atoms. The average molecular weight is 322 g/mol. The summed E-state index contributed by atoms with van der Waals surface area (Å²) in [6.45, 7) is 4.89. The van der Waals surface area contributed by atoms with Gasteiger partial charge in [-0.3, -0.25) is 4.79 Å². The van der Waals surface area contributed by atoms with Gasteiger partial charge in [0.05, 0.1) is 5.56 Å². The van der Waals surface area contributed by atoms with Gasteiger partial charge >= 0.3 is 0 Å². The molecule has 1 heterocycles. The maximum absolute atomic E-state index is 12.6. The van der Waals surface area contributed by atoms with Crippen molar-refractivity contribution in [3.05, 3.63) is 59.8 Å². The van der Waals surface area contributed by atoms with Gasteiger partial charge in [-0.2, -0.15) is 5.26 Å². The van der Waals surface area contributed by atoms with Crippen molar-refractivity contribution in [2.75, 3.05) is 11.9 Å². The molecule has 1 aromatic carbocycles. The first kappa shape index (κ1) is 17.5. The van der Waals surface area contributed by atoms with Crippen molar-refractivity contribution >= 4 is 11.7 Å². The number of rotatable bonds is 7. The fourth-order valence-electron chi connectivity index (χ4n) is 2.23. The van der Waals surface area contributed by atoms with E-state index in [0.29, 0.717) is 23.8 Å². The van der Waals surface area contributed by atoms with E-state index < -0.39 is 6.04 Å². The maximum Gasteiger partial charge on any atom is 0.247 e. The first-order chi connectivity index (χ1) is 11.6. The SMILES string of the molecule is CC(C)CCNC(=O)C(Nc1ccc(C#N)cn1)c1ccccc1. The van der Waals surface area contributed by atoms with Crippen molar-refractivity contribution in [1.29, 1.82) is 5.26 Å². The monoisotopic (exact) mass is 322 g/mol. The molecule has 0 aliphatic carbocycles. The van der Waals surface area contributed by atoms with Gasteiger partial charge in [0.1, 0.15) is 17.9 Å². The third kappa shape index (κ3) is 5.10. The normalized spacial score (nSPS) is 11.6. The lowest BCUT2D eigenvalue weighted by atomic mass is 10.1. The highest BCUT2D eigenvalue weighted by molar-refractivity contribution is 5.85. The Kier molecular flexibility index (Phi) is 6.32. The van der Waals surface area contributed by atoms with Crippen LogP contribution in [0.1, 0.15) is 37.4 Å². The van der Waals surface area contributed by atoms with Crippen LogP contribution in [0, 0.1) is 17.2 Å². The molecule has 2 aromatic rings. The molecule has 0 aliphatic heterocycles. The lowest BCUT2D eigenvalue weighted by Crippen LogP contribution is -2.34. The molecule has 1 unspecified atom stereocenters. The van der Waals surface area contributed by atoms with Crippen LogP contribution in [-0.4, -0.2) is 17.4 Å². The number of hydrogen-bond acceptors (Lipinski definition) is 4. The zero-order valence-corrected chi connectivity index (χ0v) is 14.0. The molecule has 124 valence electrons. The minimum Gasteiger partial charge on any atom is -0.355 e. The minimum absolute atomic E-state index is 0.0898. The number of amides is 1. The van der Waals surface area contributed by atoms with E-state index in [1.54, 1.807) is 12.1 Å². The Morgan fingerprint density at radius 2 is 1.96 bits per heavy atom. The molecule has 0 saturated heterocycles. The summed E-state index contributed by atoms with van der Waals surface area (Å²) in [6, 6.07) is 14.4. The van der Waals surface area contributed by atoms with Crippen molar-refractivity contribution in [3.8, 4) is 6.07 Å². The quantitative estimate of drug-likeness (QED) is 0.820. The van der Waals surface area contributed by atoms with Crippen LogP contribution in [0.15, 0.2) is 48.7 Å². The Balaban J connectivity index is 2.13. The van der Waals surface area contributed by atoms with E-state index in [1.165, 1.54) is 6.20 Å². The molecule has 2 rings (SSSR count). The van der Waals surface area contributed by atoms with Crippen LogP contribution in [0.25, 0.3) is 0 Å². The average Bonchev–Trinajstić information content (AvgIpc) is 2.60. The molecule has 0 fully saturated rings. The van der Waals surface area contributed by atoms with Gasteiger partial charge in [0.15, 0.2) is 0 Å². The second-order valence-corrected chi connectivity index (χ2v) is 6.01. The minimum atomic E-state index is -0.529. The summed E-state index contributed by atoms with van der Waals surface area (Å²) in [7, 11) is 0. The van der Waals surface area contributed by atoms with Crippen LogP contribution in [0.4, 0.5) is 5.82 Å². The Morgan fingerprint density at radius 1 is 1.21 bits per heavy atom. The fourth-order valence-corrected chi connectivity index (χ4v) is 2.23. The fraction of sp³-hybridized carbons (Fsp3) is 0.316. The van der Waals surface area contributed by atoms with Crippen LogP contribution in [0.5, 0.6) is 0 Å². The number of pyridine rings is 1. The Hall–Kier alpha value is -2.87. The van der Waals surface area contributed by atoms with Crippen LogP contribution < -0.4 is 10.6 Å². The van der Waals surface area contributed by atoms with Gasteiger partial charge in [-0.25, -0.2) is 4.98 Å². The lowest BCUT2D eigenvalue weighted by Gasteiger charge is -2.19. The van der Waals surface area contributed by atoms with Crippen LogP contribution in [0.3, 0.4) is 0 Å². The number of nitriles is 1. The number of carbonyl (C=O) groups is 1. The number of nitrogens with zero attached hydrogens (tertiary/aromatic N) is 2. The highest BCUT2D eigenvalue weighted by Gasteiger charge is 2.20. The van der Waals surface area contributed by atoms with E-state index in [-0.39, 0.29) is 5.91 Å². The number of aromatic nitrogens is 1. The van der Waals surface area contributed by atoms with Crippen LogP contribution in [-0.2, 0) is 4.79 Å². The van der Waals surface area contributed by atoms with Crippen LogP contribution >= 0.6 is 0 Å². The summed E-state index contributed by atoms with van der Waals surface area (Å²) in [4.78, 5) is 16.8. The molecule has 0 radical (unpaired) electrons. The van der Waals surface area contributed by atoms with Crippen molar-refractivity contribution < 1.29 is 4.79 Å². The second-order valence-electron chi connectivity index (χ2n) is 6.01. The molecule has 2 N–H and O–H groups in total. The summed E-state index contributed by atoms with van der Waals surface area (Å²) < 4.78 is 0. The van der Waals surface area contributed by atoms with Gasteiger partial charge in [-0.15, -0.1) is 0 Å². The Morgan fingerprint density at radius 3 is 2.54 bits per heavy atom. The highest BCUT2D eigenvalue weighted by Crippen LogP contribution is 2.19. The molecule has 1 atom stereocenters. The summed E-state index contributed by atoms with van der Waals surface area (Å²) in [6.07, 6.45) is 2.42. The summed E-state index contributed by atoms with van der Waals surface area (Å²) in [5.74, 6) is 1.00. The largest absolute Gasteiger partial charge is 0.355 e. The number of anilines is 1.